The summed E-state index contributed by atoms with van der Waals surface area (Å²) in [6, 6.07) is 0. The van der Waals surface area contributed by atoms with E-state index in [4.69, 9.17) is 0 Å². The first kappa shape index (κ1) is 22.7. The van der Waals surface area contributed by atoms with Crippen LogP contribution >= 0.6 is 0 Å². The zero-order chi connectivity index (χ0) is 14.2. The second-order valence-electron chi connectivity index (χ2n) is 6.32. The largest absolute Gasteiger partial charge is 0.542 e. The normalized spacial score (nSPS) is 10.6. The molecule has 0 heterocycles. The smallest absolute Gasteiger partial charge is 0 e. The maximum absolute atomic E-state index is 10.0. The molecule has 1 nitrogen and oxygen atoms in total. The molecule has 0 bridgehead atoms. The predicted molar refractivity (Wildman–Crippen MR) is 85.2 cm³/mol. The minimum absolute atomic E-state index is 0. The van der Waals surface area contributed by atoms with Gasteiger partial charge in [-0.05, 0) is 5.92 Å². The van der Waals surface area contributed by atoms with E-state index in [-0.39, 0.29) is 21.7 Å². The molecule has 0 radical (unpaired) electrons. The third-order valence-corrected chi connectivity index (χ3v) is 3.81. The maximum Gasteiger partial charge on any atom is 0 e. The molecule has 2 heteroatoms. The Labute approximate surface area is 142 Å². The zero-order valence-electron chi connectivity index (χ0n) is 13.9. The van der Waals surface area contributed by atoms with Crippen molar-refractivity contribution in [3.05, 3.63) is 0 Å². The first-order chi connectivity index (χ1) is 9.27. The molecule has 118 valence electrons. The van der Waals surface area contributed by atoms with Crippen molar-refractivity contribution >= 4 is 6.29 Å². The van der Waals surface area contributed by atoms with E-state index >= 15 is 0 Å². The fourth-order valence-electron chi connectivity index (χ4n) is 2.52. The summed E-state index contributed by atoms with van der Waals surface area (Å²) in [4.78, 5) is 10.0. The van der Waals surface area contributed by atoms with Gasteiger partial charge >= 0.3 is 0 Å². The fraction of sp³-hybridized carbons (Fsp3) is 0.944. The summed E-state index contributed by atoms with van der Waals surface area (Å²) >= 11 is 0. The van der Waals surface area contributed by atoms with Crippen molar-refractivity contribution in [3.8, 4) is 0 Å². The Morgan fingerprint density at radius 2 is 1.00 bits per heavy atom. The van der Waals surface area contributed by atoms with Gasteiger partial charge in [0, 0.05) is 21.7 Å². The Kier molecular flexibility index (Phi) is 22.0. The molecule has 0 aliphatic rings. The van der Waals surface area contributed by atoms with Crippen molar-refractivity contribution in [1.82, 2.24) is 0 Å². The molecule has 0 N–H and O–H groups in total. The van der Waals surface area contributed by atoms with Gasteiger partial charge in [0.25, 0.3) is 0 Å². The molecule has 0 amide bonds. The van der Waals surface area contributed by atoms with Crippen molar-refractivity contribution < 1.29 is 26.5 Å². The van der Waals surface area contributed by atoms with Crippen LogP contribution in [0.5, 0.6) is 0 Å². The summed E-state index contributed by atoms with van der Waals surface area (Å²) < 4.78 is 0. The Morgan fingerprint density at radius 3 is 1.35 bits per heavy atom. The first-order valence-corrected chi connectivity index (χ1v) is 8.62. The molecular weight excluding hydrogens is 280 g/mol. The molecule has 0 saturated carbocycles. The Balaban J connectivity index is 0. The molecule has 0 unspecified atom stereocenters. The summed E-state index contributed by atoms with van der Waals surface area (Å²) in [5.74, 6) is 0.879. The molecule has 0 aromatic heterocycles. The molecule has 0 fully saturated rings. The van der Waals surface area contributed by atoms with E-state index in [2.05, 4.69) is 13.8 Å². The Morgan fingerprint density at radius 1 is 0.650 bits per heavy atom. The van der Waals surface area contributed by atoms with Crippen LogP contribution < -0.4 is 0 Å². The molecule has 0 aliphatic carbocycles. The fourth-order valence-corrected chi connectivity index (χ4v) is 2.52. The van der Waals surface area contributed by atoms with Crippen molar-refractivity contribution in [2.45, 2.75) is 104 Å². The van der Waals surface area contributed by atoms with Crippen LogP contribution in [0.15, 0.2) is 0 Å². The summed E-state index contributed by atoms with van der Waals surface area (Å²) in [7, 11) is 0. The van der Waals surface area contributed by atoms with E-state index in [0.717, 1.165) is 12.3 Å². The van der Waals surface area contributed by atoms with Crippen molar-refractivity contribution in [3.63, 3.8) is 0 Å². The van der Waals surface area contributed by atoms with Gasteiger partial charge < -0.3 is 4.79 Å². The number of rotatable bonds is 15. The van der Waals surface area contributed by atoms with Crippen LogP contribution in [0, 0.1) is 5.92 Å². The molecular formula is C18H35OTi-. The quantitative estimate of drug-likeness (QED) is 0.199. The van der Waals surface area contributed by atoms with Crippen LogP contribution in [0.3, 0.4) is 0 Å². The monoisotopic (exact) mass is 315 g/mol. The van der Waals surface area contributed by atoms with Crippen molar-refractivity contribution in [1.29, 1.82) is 0 Å². The SMILES string of the molecule is CC(C)CCCCCCCCCCCCCC[C-]=O.[Ti]. The molecule has 0 rings (SSSR count). The first-order valence-electron chi connectivity index (χ1n) is 8.62. The summed E-state index contributed by atoms with van der Waals surface area (Å²) in [5, 5.41) is 0. The average Bonchev–Trinajstić information content (AvgIpc) is 2.39. The van der Waals surface area contributed by atoms with E-state index in [1.54, 1.807) is 0 Å². The molecule has 0 saturated heterocycles. The van der Waals surface area contributed by atoms with E-state index in [1.165, 1.54) is 77.0 Å². The zero-order valence-corrected chi connectivity index (χ0v) is 15.4. The van der Waals surface area contributed by atoms with Gasteiger partial charge in [-0.25, -0.2) is 0 Å². The standard InChI is InChI=1S/C18H35O.Ti/c1-18(2)16-14-12-10-8-6-4-3-5-7-9-11-13-15-17-19;/h18H,3-16H2,1-2H3;/q-1;. The topological polar surface area (TPSA) is 17.1 Å². The minimum atomic E-state index is 0. The van der Waals surface area contributed by atoms with Crippen LogP contribution in [0.4, 0.5) is 0 Å². The van der Waals surface area contributed by atoms with Crippen LogP contribution in [-0.4, -0.2) is 6.29 Å². The number of hydrogen-bond acceptors (Lipinski definition) is 1. The van der Waals surface area contributed by atoms with Crippen LogP contribution in [0.25, 0.3) is 0 Å². The van der Waals surface area contributed by atoms with E-state index in [9.17, 15) is 4.79 Å². The third-order valence-electron chi connectivity index (χ3n) is 3.81. The van der Waals surface area contributed by atoms with Gasteiger partial charge in [-0.2, -0.15) is 6.42 Å². The second kappa shape index (κ2) is 19.4. The van der Waals surface area contributed by atoms with E-state index in [0.29, 0.717) is 6.42 Å². The summed E-state index contributed by atoms with van der Waals surface area (Å²) in [6.07, 6.45) is 20.3. The van der Waals surface area contributed by atoms with E-state index < -0.39 is 0 Å². The van der Waals surface area contributed by atoms with Crippen LogP contribution in [-0.2, 0) is 26.5 Å². The van der Waals surface area contributed by atoms with Crippen LogP contribution in [0.1, 0.15) is 104 Å². The molecule has 0 aromatic carbocycles. The van der Waals surface area contributed by atoms with Gasteiger partial charge in [0.15, 0.2) is 0 Å². The molecule has 0 aromatic rings. The van der Waals surface area contributed by atoms with Gasteiger partial charge in [0.1, 0.15) is 0 Å². The van der Waals surface area contributed by atoms with Crippen molar-refractivity contribution in [2.24, 2.45) is 5.92 Å². The van der Waals surface area contributed by atoms with Crippen LogP contribution in [0.2, 0.25) is 0 Å². The molecule has 20 heavy (non-hydrogen) atoms. The van der Waals surface area contributed by atoms with E-state index in [1.807, 2.05) is 6.29 Å². The van der Waals surface area contributed by atoms with Gasteiger partial charge in [0.2, 0.25) is 0 Å². The van der Waals surface area contributed by atoms with Gasteiger partial charge in [-0.1, -0.05) is 97.3 Å². The summed E-state index contributed by atoms with van der Waals surface area (Å²) in [6.45, 7) is 4.63. The average molecular weight is 315 g/mol. The third kappa shape index (κ3) is 20.7. The number of carbonyl (C=O) groups excluding carboxylic acids is 1. The van der Waals surface area contributed by atoms with Gasteiger partial charge in [-0.15, -0.1) is 0 Å². The second-order valence-corrected chi connectivity index (χ2v) is 6.32. The minimum Gasteiger partial charge on any atom is -0.542 e. The Bertz CT molecular complexity index is 180. The van der Waals surface area contributed by atoms with Gasteiger partial charge in [0.05, 0.1) is 0 Å². The maximum atomic E-state index is 10.0. The molecule has 0 spiro atoms. The molecule has 0 atom stereocenters. The van der Waals surface area contributed by atoms with Gasteiger partial charge in [-0.3, -0.25) is 6.29 Å². The Hall–Kier alpha value is 0.384. The predicted octanol–water partition coefficient (Wildman–Crippen LogP) is 6.21. The number of hydrogen-bond donors (Lipinski definition) is 0. The molecule has 0 aliphatic heterocycles. The summed E-state index contributed by atoms with van der Waals surface area (Å²) in [5.41, 5.74) is 0. The van der Waals surface area contributed by atoms with Crippen molar-refractivity contribution in [2.75, 3.05) is 0 Å². The number of unbranched alkanes of at least 4 members (excludes halogenated alkanes) is 12.